The molecule has 3 aromatic rings. The second kappa shape index (κ2) is 6.62. The molecule has 5 rings (SSSR count). The fourth-order valence-electron chi connectivity index (χ4n) is 3.36. The maximum Gasteiger partial charge on any atom is 0.273 e. The minimum atomic E-state index is -0.226. The zero-order chi connectivity index (χ0) is 18.2. The molecule has 27 heavy (non-hydrogen) atoms. The average Bonchev–Trinajstić information content (AvgIpc) is 3.27. The second-order valence-corrected chi connectivity index (χ2v) is 7.11. The van der Waals surface area contributed by atoms with Gasteiger partial charge in [-0.25, -0.2) is 0 Å². The largest absolute Gasteiger partial charge is 0.425 e. The van der Waals surface area contributed by atoms with Gasteiger partial charge >= 0.3 is 0 Å². The molecule has 3 heterocycles. The van der Waals surface area contributed by atoms with E-state index < -0.39 is 0 Å². The molecule has 1 aromatic carbocycles. The molecule has 0 unspecified atom stereocenters. The Hall–Kier alpha value is -3.00. The molecule has 1 aliphatic carbocycles. The Balaban J connectivity index is 1.16. The van der Waals surface area contributed by atoms with E-state index in [0.29, 0.717) is 23.5 Å². The summed E-state index contributed by atoms with van der Waals surface area (Å²) < 4.78 is 11.1. The topological polar surface area (TPSA) is 106 Å². The molecule has 1 aliphatic heterocycles. The van der Waals surface area contributed by atoms with E-state index in [9.17, 15) is 4.79 Å². The van der Waals surface area contributed by atoms with Crippen LogP contribution in [-0.4, -0.2) is 40.4 Å². The second-order valence-electron chi connectivity index (χ2n) is 7.11. The third-order valence-electron chi connectivity index (χ3n) is 5.21. The Morgan fingerprint density at radius 3 is 2.52 bits per heavy atom. The Labute approximate surface area is 155 Å². The van der Waals surface area contributed by atoms with Crippen molar-refractivity contribution >= 4 is 5.91 Å². The number of hydrogen-bond acceptors (Lipinski definition) is 7. The van der Waals surface area contributed by atoms with Crippen LogP contribution in [0, 0.1) is 0 Å². The van der Waals surface area contributed by atoms with Gasteiger partial charge in [-0.1, -0.05) is 35.5 Å². The molecule has 8 nitrogen and oxygen atoms in total. The van der Waals surface area contributed by atoms with Crippen molar-refractivity contribution in [2.75, 3.05) is 13.1 Å². The number of benzene rings is 1. The first kappa shape index (κ1) is 16.2. The summed E-state index contributed by atoms with van der Waals surface area (Å²) in [5, 5.41) is 18.4. The highest BCUT2D eigenvalue weighted by Gasteiger charge is 2.36. The Morgan fingerprint density at radius 1 is 1.07 bits per heavy atom. The highest BCUT2D eigenvalue weighted by atomic mass is 16.5. The fourth-order valence-corrected chi connectivity index (χ4v) is 3.36. The van der Waals surface area contributed by atoms with E-state index in [4.69, 9.17) is 8.94 Å². The van der Waals surface area contributed by atoms with Gasteiger partial charge in [-0.2, -0.15) is 0 Å². The van der Waals surface area contributed by atoms with Gasteiger partial charge in [0.25, 0.3) is 5.91 Å². The number of rotatable bonds is 5. The summed E-state index contributed by atoms with van der Waals surface area (Å²) in [5.74, 6) is 2.30. The van der Waals surface area contributed by atoms with Crippen molar-refractivity contribution in [3.05, 3.63) is 53.9 Å². The van der Waals surface area contributed by atoms with Crippen LogP contribution in [-0.2, 0) is 0 Å². The summed E-state index contributed by atoms with van der Waals surface area (Å²) in [6, 6.07) is 11.3. The standard InChI is InChI=1S/C19H19N5O3/c25-17(15-8-16(27-24-15)11-4-2-1-3-5-11)21-14-6-12(7-14)18-22-23-19(26-18)13-9-20-10-13/h1-5,8,12-14,20H,6-7,9-10H2,(H,21,25)/t12-,14-. The van der Waals surface area contributed by atoms with Crippen LogP contribution in [0.2, 0.25) is 0 Å². The normalized spacial score (nSPS) is 22.1. The number of nitrogens with one attached hydrogen (secondary N) is 2. The van der Waals surface area contributed by atoms with Crippen LogP contribution >= 0.6 is 0 Å². The molecule has 1 saturated carbocycles. The van der Waals surface area contributed by atoms with Crippen molar-refractivity contribution < 1.29 is 13.7 Å². The lowest BCUT2D eigenvalue weighted by molar-refractivity contribution is 0.0893. The van der Waals surface area contributed by atoms with Crippen molar-refractivity contribution in [2.24, 2.45) is 0 Å². The number of hydrogen-bond donors (Lipinski definition) is 2. The van der Waals surface area contributed by atoms with Crippen molar-refractivity contribution in [1.29, 1.82) is 0 Å². The Morgan fingerprint density at radius 2 is 1.81 bits per heavy atom. The van der Waals surface area contributed by atoms with Crippen LogP contribution < -0.4 is 10.6 Å². The Kier molecular flexibility index (Phi) is 3.97. The van der Waals surface area contributed by atoms with Crippen molar-refractivity contribution in [1.82, 2.24) is 26.0 Å². The van der Waals surface area contributed by atoms with Crippen molar-refractivity contribution in [3.63, 3.8) is 0 Å². The predicted molar refractivity (Wildman–Crippen MR) is 95.1 cm³/mol. The highest BCUT2D eigenvalue weighted by molar-refractivity contribution is 5.93. The van der Waals surface area contributed by atoms with Crippen LogP contribution in [0.4, 0.5) is 0 Å². The molecule has 2 fully saturated rings. The molecule has 0 spiro atoms. The van der Waals surface area contributed by atoms with E-state index in [1.807, 2.05) is 30.3 Å². The first-order chi connectivity index (χ1) is 13.3. The summed E-state index contributed by atoms with van der Waals surface area (Å²) in [4.78, 5) is 12.4. The molecule has 1 amide bonds. The summed E-state index contributed by atoms with van der Waals surface area (Å²) in [7, 11) is 0. The van der Waals surface area contributed by atoms with Gasteiger partial charge in [0, 0.05) is 36.7 Å². The third kappa shape index (κ3) is 3.12. The van der Waals surface area contributed by atoms with Gasteiger partial charge in [-0.05, 0) is 12.8 Å². The number of carbonyl (C=O) groups excluding carboxylic acids is 1. The summed E-state index contributed by atoms with van der Waals surface area (Å²) >= 11 is 0. The molecular formula is C19H19N5O3. The number of carbonyl (C=O) groups is 1. The minimum Gasteiger partial charge on any atom is -0.425 e. The Bertz CT molecular complexity index is 941. The van der Waals surface area contributed by atoms with E-state index in [-0.39, 0.29) is 23.6 Å². The summed E-state index contributed by atoms with van der Waals surface area (Å²) in [6.45, 7) is 1.79. The van der Waals surface area contributed by atoms with Gasteiger partial charge in [0.1, 0.15) is 0 Å². The van der Waals surface area contributed by atoms with Gasteiger partial charge in [0.15, 0.2) is 11.5 Å². The molecule has 8 heteroatoms. The van der Waals surface area contributed by atoms with E-state index in [1.54, 1.807) is 6.07 Å². The fraction of sp³-hybridized carbons (Fsp3) is 0.368. The molecule has 0 atom stereocenters. The number of amides is 1. The van der Waals surface area contributed by atoms with Gasteiger partial charge < -0.3 is 19.6 Å². The lowest BCUT2D eigenvalue weighted by Gasteiger charge is -2.33. The van der Waals surface area contributed by atoms with Crippen molar-refractivity contribution in [2.45, 2.75) is 30.7 Å². The molecule has 2 aliphatic rings. The van der Waals surface area contributed by atoms with E-state index in [0.717, 1.165) is 31.5 Å². The zero-order valence-corrected chi connectivity index (χ0v) is 14.6. The van der Waals surface area contributed by atoms with Gasteiger partial charge in [0.05, 0.1) is 5.92 Å². The maximum atomic E-state index is 12.4. The van der Waals surface area contributed by atoms with Crippen LogP contribution in [0.25, 0.3) is 11.3 Å². The molecule has 0 bridgehead atoms. The van der Waals surface area contributed by atoms with Gasteiger partial charge in [-0.3, -0.25) is 4.79 Å². The predicted octanol–water partition coefficient (Wildman–Crippen LogP) is 2.09. The number of nitrogens with zero attached hydrogens (tertiary/aromatic N) is 3. The first-order valence-corrected chi connectivity index (χ1v) is 9.13. The van der Waals surface area contributed by atoms with Gasteiger partial charge in [0.2, 0.25) is 11.8 Å². The van der Waals surface area contributed by atoms with Crippen LogP contribution in [0.3, 0.4) is 0 Å². The molecule has 138 valence electrons. The molecule has 2 N–H and O–H groups in total. The smallest absolute Gasteiger partial charge is 0.273 e. The maximum absolute atomic E-state index is 12.4. The summed E-state index contributed by atoms with van der Waals surface area (Å²) in [5.41, 5.74) is 1.18. The summed E-state index contributed by atoms with van der Waals surface area (Å²) in [6.07, 6.45) is 1.58. The molecular weight excluding hydrogens is 346 g/mol. The molecule has 1 saturated heterocycles. The van der Waals surface area contributed by atoms with Crippen molar-refractivity contribution in [3.8, 4) is 11.3 Å². The van der Waals surface area contributed by atoms with E-state index >= 15 is 0 Å². The van der Waals surface area contributed by atoms with Gasteiger partial charge in [-0.15, -0.1) is 10.2 Å². The van der Waals surface area contributed by atoms with E-state index in [1.165, 1.54) is 0 Å². The number of aromatic nitrogens is 3. The average molecular weight is 365 g/mol. The highest BCUT2D eigenvalue weighted by Crippen LogP contribution is 2.37. The lowest BCUT2D eigenvalue weighted by atomic mass is 9.80. The molecule has 2 aromatic heterocycles. The van der Waals surface area contributed by atoms with E-state index in [2.05, 4.69) is 26.0 Å². The quantitative estimate of drug-likeness (QED) is 0.713. The van der Waals surface area contributed by atoms with Crippen LogP contribution in [0.5, 0.6) is 0 Å². The molecule has 0 radical (unpaired) electrons. The third-order valence-corrected chi connectivity index (χ3v) is 5.21. The monoisotopic (exact) mass is 365 g/mol. The van der Waals surface area contributed by atoms with Crippen LogP contribution in [0.1, 0.15) is 46.9 Å². The van der Waals surface area contributed by atoms with Crippen LogP contribution in [0.15, 0.2) is 45.3 Å². The minimum absolute atomic E-state index is 0.0834. The lowest BCUT2D eigenvalue weighted by Crippen LogP contribution is -2.43. The zero-order valence-electron chi connectivity index (χ0n) is 14.6. The SMILES string of the molecule is O=C(N[C@H]1C[C@H](c2nnc(C3CNC3)o2)C1)c1cc(-c2ccccc2)on1. The first-order valence-electron chi connectivity index (χ1n) is 9.13.